The molecule has 6 heteroatoms. The van der Waals surface area contributed by atoms with Gasteiger partial charge in [-0.15, -0.1) is 12.4 Å². The van der Waals surface area contributed by atoms with Crippen molar-refractivity contribution in [3.05, 3.63) is 35.4 Å². The molecule has 0 bridgehead atoms. The highest BCUT2D eigenvalue weighted by Crippen LogP contribution is 2.21. The Kier molecular flexibility index (Phi) is 3.65. The summed E-state index contributed by atoms with van der Waals surface area (Å²) in [5.74, 6) is -0.505. The maximum Gasteiger partial charge on any atom is 0.276 e. The number of hydrazine groups is 1. The van der Waals surface area contributed by atoms with Crippen LogP contribution in [0.1, 0.15) is 27.1 Å². The Morgan fingerprint density at radius 2 is 1.78 bits per heavy atom. The monoisotopic (exact) mass is 267 g/mol. The second-order valence-corrected chi connectivity index (χ2v) is 4.31. The molecule has 1 fully saturated rings. The molecule has 2 N–H and O–H groups in total. The van der Waals surface area contributed by atoms with Crippen molar-refractivity contribution in [2.75, 3.05) is 13.1 Å². The fourth-order valence-electron chi connectivity index (χ4n) is 2.25. The Labute approximate surface area is 111 Å². The quantitative estimate of drug-likeness (QED) is 0.769. The number of imide groups is 1. The summed E-state index contributed by atoms with van der Waals surface area (Å²) in [6.07, 6.45) is 0.924. The molecule has 2 aliphatic rings. The van der Waals surface area contributed by atoms with Crippen LogP contribution in [-0.2, 0) is 0 Å². The standard InChI is InChI=1S/C12H13N3O2.ClH/c16-11-9-3-1-2-4-10(9)12(17)15(11)14-8-5-6-13-7-8;/h1-4,8,13-14H,5-7H2;1H/t8-;/m1./s1. The molecule has 2 heterocycles. The van der Waals surface area contributed by atoms with E-state index in [-0.39, 0.29) is 30.3 Å². The van der Waals surface area contributed by atoms with Crippen LogP contribution in [-0.4, -0.2) is 36.0 Å². The summed E-state index contributed by atoms with van der Waals surface area (Å²) in [7, 11) is 0. The molecule has 1 aromatic rings. The Morgan fingerprint density at radius 3 is 2.28 bits per heavy atom. The normalized spacial score (nSPS) is 22.0. The van der Waals surface area contributed by atoms with E-state index in [0.717, 1.165) is 24.5 Å². The number of rotatable bonds is 2. The average Bonchev–Trinajstić information content (AvgIpc) is 2.94. The van der Waals surface area contributed by atoms with E-state index in [9.17, 15) is 9.59 Å². The van der Waals surface area contributed by atoms with E-state index in [1.807, 2.05) is 0 Å². The molecular formula is C12H14ClN3O2. The number of nitrogens with zero attached hydrogens (tertiary/aromatic N) is 1. The number of hydrogen-bond acceptors (Lipinski definition) is 4. The lowest BCUT2D eigenvalue weighted by Crippen LogP contribution is -2.48. The molecule has 0 aliphatic carbocycles. The highest BCUT2D eigenvalue weighted by Gasteiger charge is 2.36. The first kappa shape index (κ1) is 13.0. The zero-order valence-electron chi connectivity index (χ0n) is 9.68. The highest BCUT2D eigenvalue weighted by molar-refractivity contribution is 6.20. The fraction of sp³-hybridized carbons (Fsp3) is 0.333. The van der Waals surface area contributed by atoms with E-state index in [4.69, 9.17) is 0 Å². The maximum atomic E-state index is 12.0. The van der Waals surface area contributed by atoms with Gasteiger partial charge < -0.3 is 5.32 Å². The van der Waals surface area contributed by atoms with Crippen molar-refractivity contribution in [1.29, 1.82) is 0 Å². The number of halogens is 1. The van der Waals surface area contributed by atoms with Crippen molar-refractivity contribution in [1.82, 2.24) is 15.8 Å². The lowest BCUT2D eigenvalue weighted by atomic mass is 10.1. The first-order valence-corrected chi connectivity index (χ1v) is 5.72. The zero-order valence-corrected chi connectivity index (χ0v) is 10.5. The molecule has 2 aliphatic heterocycles. The highest BCUT2D eigenvalue weighted by atomic mass is 35.5. The van der Waals surface area contributed by atoms with Gasteiger partial charge in [0.05, 0.1) is 11.1 Å². The molecule has 96 valence electrons. The van der Waals surface area contributed by atoms with Crippen LogP contribution >= 0.6 is 12.4 Å². The molecular weight excluding hydrogens is 254 g/mol. The molecule has 18 heavy (non-hydrogen) atoms. The lowest BCUT2D eigenvalue weighted by molar-refractivity contribution is 0.0539. The van der Waals surface area contributed by atoms with Gasteiger partial charge in [-0.2, -0.15) is 0 Å². The van der Waals surface area contributed by atoms with Crippen molar-refractivity contribution in [2.24, 2.45) is 0 Å². The van der Waals surface area contributed by atoms with Gasteiger partial charge in [0, 0.05) is 12.6 Å². The van der Waals surface area contributed by atoms with Gasteiger partial charge in [-0.05, 0) is 25.1 Å². The Balaban J connectivity index is 0.00000120. The van der Waals surface area contributed by atoms with Crippen molar-refractivity contribution in [3.8, 4) is 0 Å². The summed E-state index contributed by atoms with van der Waals surface area (Å²) < 4.78 is 0. The largest absolute Gasteiger partial charge is 0.315 e. The van der Waals surface area contributed by atoms with Crippen LogP contribution in [0.5, 0.6) is 0 Å². The van der Waals surface area contributed by atoms with Crippen molar-refractivity contribution >= 4 is 24.2 Å². The van der Waals surface area contributed by atoms with E-state index in [1.165, 1.54) is 0 Å². The summed E-state index contributed by atoms with van der Waals surface area (Å²) in [5.41, 5.74) is 3.96. The van der Waals surface area contributed by atoms with E-state index in [0.29, 0.717) is 11.1 Å². The number of hydrogen-bond donors (Lipinski definition) is 2. The third kappa shape index (κ3) is 2.01. The molecule has 0 spiro atoms. The third-order valence-corrected chi connectivity index (χ3v) is 3.17. The van der Waals surface area contributed by atoms with Gasteiger partial charge in [-0.3, -0.25) is 9.59 Å². The van der Waals surface area contributed by atoms with E-state index >= 15 is 0 Å². The van der Waals surface area contributed by atoms with Gasteiger partial charge in [0.1, 0.15) is 0 Å². The minimum atomic E-state index is -0.252. The van der Waals surface area contributed by atoms with E-state index in [1.54, 1.807) is 24.3 Å². The second kappa shape index (κ2) is 5.06. The van der Waals surface area contributed by atoms with Gasteiger partial charge in [0.25, 0.3) is 11.8 Å². The third-order valence-electron chi connectivity index (χ3n) is 3.17. The minimum Gasteiger partial charge on any atom is -0.315 e. The lowest BCUT2D eigenvalue weighted by Gasteiger charge is -2.19. The van der Waals surface area contributed by atoms with Gasteiger partial charge in [0.2, 0.25) is 0 Å². The SMILES string of the molecule is Cl.O=C1c2ccccc2C(=O)N1N[C@@H]1CCNC1. The molecule has 0 saturated carbocycles. The Hall–Kier alpha value is -1.43. The van der Waals surface area contributed by atoms with Crippen molar-refractivity contribution in [3.63, 3.8) is 0 Å². The number of carbonyl (C=O) groups is 2. The number of amides is 2. The fourth-order valence-corrected chi connectivity index (χ4v) is 2.25. The van der Waals surface area contributed by atoms with Crippen molar-refractivity contribution < 1.29 is 9.59 Å². The van der Waals surface area contributed by atoms with Crippen LogP contribution in [0.4, 0.5) is 0 Å². The summed E-state index contributed by atoms with van der Waals surface area (Å²) in [6, 6.07) is 7.06. The van der Waals surface area contributed by atoms with Crippen LogP contribution in [0.2, 0.25) is 0 Å². The molecule has 0 unspecified atom stereocenters. The first-order valence-electron chi connectivity index (χ1n) is 5.72. The zero-order chi connectivity index (χ0) is 11.8. The predicted molar refractivity (Wildman–Crippen MR) is 68.6 cm³/mol. The van der Waals surface area contributed by atoms with E-state index in [2.05, 4.69) is 10.7 Å². The summed E-state index contributed by atoms with van der Waals surface area (Å²) in [4.78, 5) is 24.0. The molecule has 0 radical (unpaired) electrons. The predicted octanol–water partition coefficient (Wildman–Crippen LogP) is 0.571. The van der Waals surface area contributed by atoms with Gasteiger partial charge in [0.15, 0.2) is 0 Å². The summed E-state index contributed by atoms with van der Waals surface area (Å²) in [6.45, 7) is 1.70. The molecule has 0 aromatic heterocycles. The number of benzene rings is 1. The summed E-state index contributed by atoms with van der Waals surface area (Å²) in [5, 5.41) is 4.33. The van der Waals surface area contributed by atoms with Gasteiger partial charge >= 0.3 is 0 Å². The molecule has 1 saturated heterocycles. The molecule has 5 nitrogen and oxygen atoms in total. The average molecular weight is 268 g/mol. The molecule has 3 rings (SSSR count). The van der Waals surface area contributed by atoms with Crippen molar-refractivity contribution in [2.45, 2.75) is 12.5 Å². The first-order chi connectivity index (χ1) is 8.27. The van der Waals surface area contributed by atoms with Crippen LogP contribution in [0.3, 0.4) is 0 Å². The van der Waals surface area contributed by atoms with Crippen LogP contribution < -0.4 is 10.7 Å². The maximum absolute atomic E-state index is 12.0. The molecule has 2 amide bonds. The number of carbonyl (C=O) groups excluding carboxylic acids is 2. The van der Waals surface area contributed by atoms with Crippen LogP contribution in [0.25, 0.3) is 0 Å². The van der Waals surface area contributed by atoms with Crippen LogP contribution in [0.15, 0.2) is 24.3 Å². The Morgan fingerprint density at radius 1 is 1.17 bits per heavy atom. The number of nitrogens with one attached hydrogen (secondary N) is 2. The second-order valence-electron chi connectivity index (χ2n) is 4.31. The van der Waals surface area contributed by atoms with Gasteiger partial charge in [-0.1, -0.05) is 12.1 Å². The van der Waals surface area contributed by atoms with E-state index < -0.39 is 0 Å². The summed E-state index contributed by atoms with van der Waals surface area (Å²) >= 11 is 0. The number of fused-ring (bicyclic) bond motifs is 1. The topological polar surface area (TPSA) is 61.4 Å². The minimum absolute atomic E-state index is 0. The Bertz CT molecular complexity index is 451. The van der Waals surface area contributed by atoms with Gasteiger partial charge in [-0.25, -0.2) is 10.4 Å². The smallest absolute Gasteiger partial charge is 0.276 e. The van der Waals surface area contributed by atoms with Crippen LogP contribution in [0, 0.1) is 0 Å². The molecule has 1 atom stereocenters. The molecule has 1 aromatic carbocycles.